The van der Waals surface area contributed by atoms with Crippen LogP contribution < -0.4 is 15.5 Å². The molecule has 5 nitrogen and oxygen atoms in total. The molecule has 4 rings (SSSR count). The zero-order valence-corrected chi connectivity index (χ0v) is 17.5. The Bertz CT molecular complexity index is 1340. The first-order valence-corrected chi connectivity index (χ1v) is 9.91. The average Bonchev–Trinajstić information content (AvgIpc) is 2.70. The highest BCUT2D eigenvalue weighted by atomic mass is 35.5. The van der Waals surface area contributed by atoms with E-state index < -0.39 is 6.10 Å². The number of fused-ring (bicyclic) bond motifs is 2. The number of anilines is 1. The zero-order chi connectivity index (χ0) is 21.4. The van der Waals surface area contributed by atoms with Gasteiger partial charge in [-0.2, -0.15) is 0 Å². The second-order valence-corrected chi connectivity index (χ2v) is 7.69. The lowest BCUT2D eigenvalue weighted by Crippen LogP contribution is -2.30. The topological polar surface area (TPSA) is 68.5 Å². The number of carbonyl (C=O) groups excluding carboxylic acids is 1. The minimum Gasteiger partial charge on any atom is -0.479 e. The second kappa shape index (κ2) is 7.84. The summed E-state index contributed by atoms with van der Waals surface area (Å²) in [5, 5.41) is 4.25. The molecular formula is C24H20ClNO4. The lowest BCUT2D eigenvalue weighted by Gasteiger charge is -2.15. The van der Waals surface area contributed by atoms with Crippen LogP contribution >= 0.6 is 11.6 Å². The van der Waals surface area contributed by atoms with E-state index in [2.05, 4.69) is 5.32 Å². The van der Waals surface area contributed by atoms with Crippen LogP contribution in [-0.2, 0) is 4.79 Å². The summed E-state index contributed by atoms with van der Waals surface area (Å²) in [5.41, 5.74) is 3.28. The molecule has 0 aliphatic carbocycles. The number of halogens is 1. The zero-order valence-electron chi connectivity index (χ0n) is 16.8. The molecule has 0 spiro atoms. The van der Waals surface area contributed by atoms with E-state index in [4.69, 9.17) is 20.8 Å². The molecule has 30 heavy (non-hydrogen) atoms. The Hall–Kier alpha value is -3.31. The van der Waals surface area contributed by atoms with Crippen LogP contribution in [0.25, 0.3) is 21.9 Å². The lowest BCUT2D eigenvalue weighted by atomic mass is 10.1. The van der Waals surface area contributed by atoms with Crippen molar-refractivity contribution < 1.29 is 13.9 Å². The number of rotatable bonds is 4. The number of hydrogen-bond acceptors (Lipinski definition) is 4. The summed E-state index contributed by atoms with van der Waals surface area (Å²) in [7, 11) is 0. The van der Waals surface area contributed by atoms with Crippen LogP contribution in [0.3, 0.4) is 0 Å². The first-order chi connectivity index (χ1) is 14.3. The Labute approximate surface area is 178 Å². The van der Waals surface area contributed by atoms with Gasteiger partial charge in [0.25, 0.3) is 5.91 Å². The van der Waals surface area contributed by atoms with E-state index in [1.165, 1.54) is 0 Å². The van der Waals surface area contributed by atoms with Crippen LogP contribution in [0.4, 0.5) is 5.69 Å². The standard InChI is InChI=1S/C24H20ClNO4/c1-13-10-14(2)23-18(11-13)22(27)17-9-8-16(12-21(17)30-23)26-24(28)15(3)29-20-7-5-4-6-19(20)25/h4-12,15H,1-3H3,(H,26,28). The predicted molar refractivity (Wildman–Crippen MR) is 120 cm³/mol. The van der Waals surface area contributed by atoms with Gasteiger partial charge in [0.1, 0.15) is 16.9 Å². The van der Waals surface area contributed by atoms with Gasteiger partial charge in [0.2, 0.25) is 5.43 Å². The summed E-state index contributed by atoms with van der Waals surface area (Å²) in [6.07, 6.45) is -0.769. The van der Waals surface area contributed by atoms with Crippen LogP contribution in [0.2, 0.25) is 5.02 Å². The molecule has 0 saturated heterocycles. The number of benzene rings is 3. The minimum atomic E-state index is -0.769. The van der Waals surface area contributed by atoms with Crippen molar-refractivity contribution in [2.75, 3.05) is 5.32 Å². The van der Waals surface area contributed by atoms with Gasteiger partial charge in [-0.3, -0.25) is 9.59 Å². The maximum Gasteiger partial charge on any atom is 0.265 e. The maximum absolute atomic E-state index is 12.9. The Morgan fingerprint density at radius 3 is 2.60 bits per heavy atom. The molecule has 152 valence electrons. The van der Waals surface area contributed by atoms with E-state index in [0.717, 1.165) is 11.1 Å². The molecule has 1 N–H and O–H groups in total. The van der Waals surface area contributed by atoms with E-state index in [1.807, 2.05) is 26.0 Å². The Kier molecular flexibility index (Phi) is 5.22. The molecule has 0 aliphatic rings. The van der Waals surface area contributed by atoms with Gasteiger partial charge in [-0.25, -0.2) is 0 Å². The number of hydrogen-bond donors (Lipinski definition) is 1. The number of aryl methyl sites for hydroxylation is 2. The summed E-state index contributed by atoms with van der Waals surface area (Å²) >= 11 is 6.08. The van der Waals surface area contributed by atoms with Gasteiger partial charge in [0, 0.05) is 11.8 Å². The van der Waals surface area contributed by atoms with Gasteiger partial charge < -0.3 is 14.5 Å². The number of carbonyl (C=O) groups is 1. The Morgan fingerprint density at radius 2 is 1.83 bits per heavy atom. The summed E-state index contributed by atoms with van der Waals surface area (Å²) < 4.78 is 11.7. The second-order valence-electron chi connectivity index (χ2n) is 7.28. The molecule has 0 fully saturated rings. The highest BCUT2D eigenvalue weighted by Crippen LogP contribution is 2.26. The molecule has 1 amide bonds. The van der Waals surface area contributed by atoms with E-state index in [9.17, 15) is 9.59 Å². The van der Waals surface area contributed by atoms with Gasteiger partial charge in [0.15, 0.2) is 6.10 Å². The van der Waals surface area contributed by atoms with Crippen molar-refractivity contribution in [1.29, 1.82) is 0 Å². The van der Waals surface area contributed by atoms with Crippen molar-refractivity contribution in [3.8, 4) is 5.75 Å². The number of amides is 1. The lowest BCUT2D eigenvalue weighted by molar-refractivity contribution is -0.122. The minimum absolute atomic E-state index is 0.0913. The Balaban J connectivity index is 1.63. The molecule has 1 atom stereocenters. The molecule has 3 aromatic carbocycles. The largest absolute Gasteiger partial charge is 0.479 e. The number of nitrogens with one attached hydrogen (secondary N) is 1. The summed E-state index contributed by atoms with van der Waals surface area (Å²) in [5.74, 6) is 0.0905. The fourth-order valence-corrected chi connectivity index (χ4v) is 3.59. The molecular weight excluding hydrogens is 402 g/mol. The van der Waals surface area contributed by atoms with Crippen LogP contribution in [0.5, 0.6) is 5.75 Å². The molecule has 6 heteroatoms. The van der Waals surface area contributed by atoms with E-state index >= 15 is 0 Å². The molecule has 0 bridgehead atoms. The maximum atomic E-state index is 12.9. The van der Waals surface area contributed by atoms with Crippen LogP contribution in [0.1, 0.15) is 18.1 Å². The fraction of sp³-hybridized carbons (Fsp3) is 0.167. The third-order valence-electron chi connectivity index (χ3n) is 4.88. The molecule has 0 saturated carbocycles. The summed E-state index contributed by atoms with van der Waals surface area (Å²) in [6, 6.07) is 15.7. The predicted octanol–water partition coefficient (Wildman–Crippen LogP) is 5.62. The van der Waals surface area contributed by atoms with Crippen molar-refractivity contribution in [1.82, 2.24) is 0 Å². The molecule has 1 unspecified atom stereocenters. The third-order valence-corrected chi connectivity index (χ3v) is 5.19. The van der Waals surface area contributed by atoms with E-state index in [1.54, 1.807) is 49.4 Å². The van der Waals surface area contributed by atoms with Crippen molar-refractivity contribution in [2.24, 2.45) is 0 Å². The van der Waals surface area contributed by atoms with Gasteiger partial charge in [-0.1, -0.05) is 29.8 Å². The molecule has 1 heterocycles. The summed E-state index contributed by atoms with van der Waals surface area (Å²) in [6.45, 7) is 5.49. The van der Waals surface area contributed by atoms with Gasteiger partial charge >= 0.3 is 0 Å². The normalized spacial score (nSPS) is 12.1. The van der Waals surface area contributed by atoms with Crippen LogP contribution in [-0.4, -0.2) is 12.0 Å². The SMILES string of the molecule is Cc1cc(C)c2oc3cc(NC(=O)C(C)Oc4ccccc4Cl)ccc3c(=O)c2c1. The monoisotopic (exact) mass is 421 g/mol. The number of para-hydroxylation sites is 1. The van der Waals surface area contributed by atoms with E-state index in [0.29, 0.717) is 38.4 Å². The van der Waals surface area contributed by atoms with Gasteiger partial charge in [0.05, 0.1) is 15.8 Å². The summed E-state index contributed by atoms with van der Waals surface area (Å²) in [4.78, 5) is 25.5. The van der Waals surface area contributed by atoms with Crippen molar-refractivity contribution in [2.45, 2.75) is 26.9 Å². The van der Waals surface area contributed by atoms with Crippen molar-refractivity contribution >= 4 is 45.1 Å². The highest BCUT2D eigenvalue weighted by Gasteiger charge is 2.17. The van der Waals surface area contributed by atoms with Crippen molar-refractivity contribution in [3.05, 3.63) is 81.0 Å². The van der Waals surface area contributed by atoms with Crippen LogP contribution in [0, 0.1) is 13.8 Å². The van der Waals surface area contributed by atoms with E-state index in [-0.39, 0.29) is 11.3 Å². The smallest absolute Gasteiger partial charge is 0.265 e. The third kappa shape index (κ3) is 3.76. The fourth-order valence-electron chi connectivity index (χ4n) is 3.41. The molecule has 1 aromatic heterocycles. The molecule has 0 aliphatic heterocycles. The Morgan fingerprint density at radius 1 is 1.07 bits per heavy atom. The van der Waals surface area contributed by atoms with Crippen molar-refractivity contribution in [3.63, 3.8) is 0 Å². The van der Waals surface area contributed by atoms with Gasteiger partial charge in [-0.15, -0.1) is 0 Å². The van der Waals surface area contributed by atoms with Gasteiger partial charge in [-0.05, 0) is 62.2 Å². The molecule has 0 radical (unpaired) electrons. The first-order valence-electron chi connectivity index (χ1n) is 9.53. The average molecular weight is 422 g/mol. The highest BCUT2D eigenvalue weighted by molar-refractivity contribution is 6.32. The first kappa shape index (κ1) is 20.0. The van der Waals surface area contributed by atoms with Crippen LogP contribution in [0.15, 0.2) is 63.8 Å². The number of ether oxygens (including phenoxy) is 1. The quantitative estimate of drug-likeness (QED) is 0.434. The molecule has 4 aromatic rings.